The fraction of sp³-hybridized carbons (Fsp3) is 0.148. The summed E-state index contributed by atoms with van der Waals surface area (Å²) in [5.74, 6) is -2.24. The van der Waals surface area contributed by atoms with Gasteiger partial charge in [0, 0.05) is 16.9 Å². The number of aliphatic hydroxyl groups excluding tert-OH is 1. The van der Waals surface area contributed by atoms with Crippen molar-refractivity contribution in [1.29, 1.82) is 0 Å². The van der Waals surface area contributed by atoms with Crippen LogP contribution in [-0.4, -0.2) is 41.2 Å². The molecule has 2 unspecified atom stereocenters. The molecular weight excluding hydrogens is 542 g/mol. The Morgan fingerprint density at radius 3 is 2.44 bits per heavy atom. The molecule has 1 amide bonds. The number of thiazole rings is 1. The Morgan fingerprint density at radius 1 is 1.13 bits per heavy atom. The van der Waals surface area contributed by atoms with Crippen LogP contribution in [-0.2, 0) is 19.4 Å². The van der Waals surface area contributed by atoms with Gasteiger partial charge in [-0.3, -0.25) is 24.6 Å². The predicted molar refractivity (Wildman–Crippen MR) is 144 cm³/mol. The molecule has 0 saturated carbocycles. The van der Waals surface area contributed by atoms with Crippen molar-refractivity contribution in [1.82, 2.24) is 4.98 Å². The summed E-state index contributed by atoms with van der Waals surface area (Å²) in [5.41, 5.74) is 1.68. The van der Waals surface area contributed by atoms with Crippen molar-refractivity contribution < 1.29 is 28.0 Å². The number of aryl methyl sites for hydroxylation is 1. The average molecular weight is 564 g/mol. The molecule has 0 spiro atoms. The number of ketones is 1. The summed E-state index contributed by atoms with van der Waals surface area (Å²) in [6, 6.07) is 13.4. The van der Waals surface area contributed by atoms with E-state index >= 15 is 0 Å². The van der Waals surface area contributed by atoms with Gasteiger partial charge >= 0.3 is 5.91 Å². The topological polar surface area (TPSA) is 148 Å². The number of nitro groups is 1. The lowest BCUT2D eigenvalue weighted by atomic mass is 9.95. The SMILES string of the molecule is Cc1ccc(C(O)=C2C(=O)C(=O)N(c3ncc(S(=O)(=O)C4=CCC([N+](=O)[O-])C=C4)s3)C2c2ccccc2)cc1. The lowest BCUT2D eigenvalue weighted by Gasteiger charge is -2.22. The molecule has 1 saturated heterocycles. The summed E-state index contributed by atoms with van der Waals surface area (Å²) in [6.07, 6.45) is 4.69. The van der Waals surface area contributed by atoms with E-state index in [4.69, 9.17) is 0 Å². The highest BCUT2D eigenvalue weighted by atomic mass is 32.2. The number of benzene rings is 2. The molecule has 2 aromatic carbocycles. The van der Waals surface area contributed by atoms with E-state index in [-0.39, 0.29) is 32.0 Å². The van der Waals surface area contributed by atoms with Crippen LogP contribution in [0.3, 0.4) is 0 Å². The largest absolute Gasteiger partial charge is 0.507 e. The molecule has 3 aromatic rings. The fourth-order valence-electron chi connectivity index (χ4n) is 4.39. The second kappa shape index (κ2) is 10.0. The van der Waals surface area contributed by atoms with E-state index in [1.165, 1.54) is 18.2 Å². The quantitative estimate of drug-likeness (QED) is 0.153. The van der Waals surface area contributed by atoms with Crippen LogP contribution >= 0.6 is 11.3 Å². The molecule has 2 atom stereocenters. The summed E-state index contributed by atoms with van der Waals surface area (Å²) in [4.78, 5) is 42.2. The first kappa shape index (κ1) is 26.2. The van der Waals surface area contributed by atoms with E-state index in [0.29, 0.717) is 22.5 Å². The third kappa shape index (κ3) is 4.68. The van der Waals surface area contributed by atoms with E-state index < -0.39 is 38.5 Å². The second-order valence-corrected chi connectivity index (χ2v) is 12.2. The second-order valence-electron chi connectivity index (χ2n) is 8.97. The van der Waals surface area contributed by atoms with Gasteiger partial charge in [-0.2, -0.15) is 0 Å². The molecule has 2 heterocycles. The van der Waals surface area contributed by atoms with Crippen molar-refractivity contribution in [3.8, 4) is 0 Å². The van der Waals surface area contributed by atoms with Gasteiger partial charge in [0.15, 0.2) is 5.13 Å². The standard InChI is InChI=1S/C27H21N3O7S2/c1-16-7-9-18(10-8-16)24(31)22-23(17-5-3-2-4-6-17)29(26(33)25(22)32)27-28-15-21(38-27)39(36,37)20-13-11-19(12-14-20)30(34)35/h2-11,13-15,19,23,31H,12H2,1H3. The Labute approximate surface area is 227 Å². The third-order valence-corrected chi connectivity index (χ3v) is 9.71. The molecule has 10 nitrogen and oxygen atoms in total. The molecule has 1 aliphatic carbocycles. The molecule has 1 aliphatic heterocycles. The van der Waals surface area contributed by atoms with Gasteiger partial charge in [-0.1, -0.05) is 77.6 Å². The van der Waals surface area contributed by atoms with Gasteiger partial charge in [0.25, 0.3) is 5.78 Å². The maximum absolute atomic E-state index is 13.3. The molecule has 39 heavy (non-hydrogen) atoms. The van der Waals surface area contributed by atoms with Crippen LogP contribution < -0.4 is 4.90 Å². The zero-order valence-corrected chi connectivity index (χ0v) is 22.1. The fourth-order valence-corrected chi connectivity index (χ4v) is 7.02. The number of rotatable bonds is 6. The van der Waals surface area contributed by atoms with Crippen molar-refractivity contribution >= 4 is 43.8 Å². The number of nitrogens with zero attached hydrogens (tertiary/aromatic N) is 3. The maximum Gasteiger partial charge on any atom is 0.301 e. The lowest BCUT2D eigenvalue weighted by molar-refractivity contribution is -0.508. The molecule has 198 valence electrons. The highest BCUT2D eigenvalue weighted by Gasteiger charge is 2.48. The summed E-state index contributed by atoms with van der Waals surface area (Å²) in [5, 5.41) is 22.1. The Hall–Kier alpha value is -4.42. The van der Waals surface area contributed by atoms with Crippen molar-refractivity contribution in [2.45, 2.75) is 29.6 Å². The van der Waals surface area contributed by atoms with Crippen LogP contribution in [0.4, 0.5) is 5.13 Å². The predicted octanol–water partition coefficient (Wildman–Crippen LogP) is 4.34. The van der Waals surface area contributed by atoms with Crippen LogP contribution in [0.1, 0.15) is 29.2 Å². The zero-order chi connectivity index (χ0) is 27.9. The number of amides is 1. The number of aliphatic hydroxyl groups is 1. The highest BCUT2D eigenvalue weighted by molar-refractivity contribution is 7.97. The van der Waals surface area contributed by atoms with Gasteiger partial charge in [0.05, 0.1) is 22.7 Å². The Bertz CT molecular complexity index is 1690. The van der Waals surface area contributed by atoms with Gasteiger partial charge < -0.3 is 5.11 Å². The number of hydrogen-bond donors (Lipinski definition) is 1. The average Bonchev–Trinajstić information content (AvgIpc) is 3.53. The van der Waals surface area contributed by atoms with E-state index in [0.717, 1.165) is 16.7 Å². The number of hydrogen-bond acceptors (Lipinski definition) is 9. The number of anilines is 1. The lowest BCUT2D eigenvalue weighted by Crippen LogP contribution is -2.29. The molecule has 0 radical (unpaired) electrons. The van der Waals surface area contributed by atoms with E-state index in [9.17, 15) is 33.2 Å². The molecule has 12 heteroatoms. The van der Waals surface area contributed by atoms with E-state index in [2.05, 4.69) is 4.98 Å². The van der Waals surface area contributed by atoms with Gasteiger partial charge in [0.2, 0.25) is 15.9 Å². The van der Waals surface area contributed by atoms with E-state index in [1.807, 2.05) is 6.92 Å². The number of sulfone groups is 1. The molecule has 5 rings (SSSR count). The smallest absolute Gasteiger partial charge is 0.301 e. The van der Waals surface area contributed by atoms with Gasteiger partial charge in [-0.15, -0.1) is 0 Å². The highest BCUT2D eigenvalue weighted by Crippen LogP contribution is 2.44. The Balaban J connectivity index is 1.58. The Morgan fingerprint density at radius 2 is 1.82 bits per heavy atom. The summed E-state index contributed by atoms with van der Waals surface area (Å²) < 4.78 is 26.3. The van der Waals surface area contributed by atoms with E-state index in [1.54, 1.807) is 54.6 Å². The number of allylic oxidation sites excluding steroid dienone is 1. The van der Waals surface area contributed by atoms with Crippen LogP contribution in [0.25, 0.3) is 5.76 Å². The first-order chi connectivity index (χ1) is 18.6. The molecular formula is C27H21N3O7S2. The number of carbonyl (C=O) groups is 2. The van der Waals surface area contributed by atoms with Crippen LogP contribution in [0.5, 0.6) is 0 Å². The molecule has 1 fully saturated rings. The number of carbonyl (C=O) groups excluding carboxylic acids is 2. The minimum atomic E-state index is -4.09. The van der Waals surface area contributed by atoms with Crippen LogP contribution in [0.15, 0.2) is 93.7 Å². The normalized spacial score (nSPS) is 20.7. The number of aromatic nitrogens is 1. The summed E-state index contributed by atoms with van der Waals surface area (Å²) >= 11 is 0.695. The first-order valence-corrected chi connectivity index (χ1v) is 14.1. The van der Waals surface area contributed by atoms with Gasteiger partial charge in [-0.05, 0) is 24.6 Å². The zero-order valence-electron chi connectivity index (χ0n) is 20.4. The monoisotopic (exact) mass is 563 g/mol. The molecule has 1 N–H and O–H groups in total. The summed E-state index contributed by atoms with van der Waals surface area (Å²) in [6.45, 7) is 1.88. The molecule has 1 aromatic heterocycles. The van der Waals surface area contributed by atoms with Crippen molar-refractivity contribution in [2.24, 2.45) is 0 Å². The first-order valence-electron chi connectivity index (χ1n) is 11.8. The summed E-state index contributed by atoms with van der Waals surface area (Å²) in [7, 11) is -4.09. The minimum Gasteiger partial charge on any atom is -0.507 e. The van der Waals surface area contributed by atoms with Crippen LogP contribution in [0, 0.1) is 17.0 Å². The Kier molecular flexibility index (Phi) is 6.74. The molecule has 2 aliphatic rings. The van der Waals surface area contributed by atoms with Crippen LogP contribution in [0.2, 0.25) is 0 Å². The third-order valence-electron chi connectivity index (χ3n) is 6.45. The van der Waals surface area contributed by atoms with Crippen molar-refractivity contribution in [2.75, 3.05) is 4.90 Å². The van der Waals surface area contributed by atoms with Gasteiger partial charge in [0.1, 0.15) is 9.97 Å². The number of Topliss-reactive ketones (excluding diaryl/α,β-unsaturated/α-hetero) is 1. The van der Waals surface area contributed by atoms with Gasteiger partial charge in [-0.25, -0.2) is 13.4 Å². The molecule has 0 bridgehead atoms. The van der Waals surface area contributed by atoms with Crippen molar-refractivity contribution in [3.63, 3.8) is 0 Å². The maximum atomic E-state index is 13.3. The van der Waals surface area contributed by atoms with Crippen molar-refractivity contribution in [3.05, 3.63) is 116 Å². The minimum absolute atomic E-state index is 0.0453.